The maximum Gasteiger partial charge on any atom is 0.416 e. The fourth-order valence-electron chi connectivity index (χ4n) is 2.85. The molecule has 4 rings (SSSR count). The molecule has 0 aliphatic rings. The molecule has 1 aromatic carbocycles. The summed E-state index contributed by atoms with van der Waals surface area (Å²) in [5, 5.41) is 9.20. The van der Waals surface area contributed by atoms with Crippen molar-refractivity contribution in [1.29, 1.82) is 0 Å². The molecule has 0 radical (unpaired) electrons. The van der Waals surface area contributed by atoms with Crippen LogP contribution in [0.25, 0.3) is 28.1 Å². The summed E-state index contributed by atoms with van der Waals surface area (Å²) in [5.41, 5.74) is 1.78. The zero-order chi connectivity index (χ0) is 18.5. The number of thioether (sulfide) groups is 1. The zero-order valence-corrected chi connectivity index (χ0v) is 14.6. The monoisotopic (exact) mass is 375 g/mol. The number of fused-ring (bicyclic) bond motifs is 3. The fourth-order valence-corrected chi connectivity index (χ4v) is 3.40. The molecule has 0 unspecified atom stereocenters. The van der Waals surface area contributed by atoms with Crippen LogP contribution in [0, 0.1) is 6.92 Å². The first-order valence-electron chi connectivity index (χ1n) is 7.62. The molecule has 0 atom stereocenters. The van der Waals surface area contributed by atoms with E-state index in [0.29, 0.717) is 22.7 Å². The Morgan fingerprint density at radius 2 is 1.92 bits per heavy atom. The zero-order valence-electron chi connectivity index (χ0n) is 13.7. The van der Waals surface area contributed by atoms with Crippen LogP contribution >= 0.6 is 11.8 Å². The molecule has 3 aromatic heterocycles. The largest absolute Gasteiger partial charge is 0.416 e. The summed E-state index contributed by atoms with van der Waals surface area (Å²) < 4.78 is 40.9. The normalized spacial score (nSPS) is 12.2. The minimum Gasteiger partial charge on any atom is -0.272 e. The van der Waals surface area contributed by atoms with E-state index in [1.54, 1.807) is 23.6 Å². The van der Waals surface area contributed by atoms with Gasteiger partial charge in [-0.25, -0.2) is 9.97 Å². The molecule has 5 nitrogen and oxygen atoms in total. The predicted molar refractivity (Wildman–Crippen MR) is 93.0 cm³/mol. The van der Waals surface area contributed by atoms with E-state index in [4.69, 9.17) is 0 Å². The van der Waals surface area contributed by atoms with Gasteiger partial charge < -0.3 is 0 Å². The summed E-state index contributed by atoms with van der Waals surface area (Å²) in [6.07, 6.45) is -0.848. The Bertz CT molecular complexity index is 1140. The first-order valence-corrected chi connectivity index (χ1v) is 8.84. The second kappa shape index (κ2) is 5.94. The molecule has 132 valence electrons. The lowest BCUT2D eigenvalue weighted by Crippen LogP contribution is -2.06. The molecule has 0 bridgehead atoms. The highest BCUT2D eigenvalue weighted by Crippen LogP contribution is 2.33. The molecule has 4 aromatic rings. The minimum absolute atomic E-state index is 0.237. The minimum atomic E-state index is -4.43. The summed E-state index contributed by atoms with van der Waals surface area (Å²) in [4.78, 5) is 8.61. The third-order valence-corrected chi connectivity index (χ3v) is 4.74. The van der Waals surface area contributed by atoms with Crippen LogP contribution in [0.5, 0.6) is 0 Å². The number of pyridine rings is 1. The van der Waals surface area contributed by atoms with Crippen molar-refractivity contribution in [3.05, 3.63) is 47.8 Å². The highest BCUT2D eigenvalue weighted by molar-refractivity contribution is 7.98. The van der Waals surface area contributed by atoms with E-state index in [-0.39, 0.29) is 5.52 Å². The standard InChI is InChI=1S/C17H12F3N5S/c1-9-14-23-24-15(11-4-3-7-21-16(11)26-2)25(14)13-6-5-10(17(18,19)20)8-12(13)22-9/h3-8H,1-2H3. The second-order valence-electron chi connectivity index (χ2n) is 5.64. The van der Waals surface area contributed by atoms with Gasteiger partial charge in [0.25, 0.3) is 0 Å². The predicted octanol–water partition coefficient (Wildman–Crippen LogP) is 4.39. The van der Waals surface area contributed by atoms with Gasteiger partial charge in [0.2, 0.25) is 0 Å². The number of aryl methyl sites for hydroxylation is 1. The van der Waals surface area contributed by atoms with Gasteiger partial charge in [0.05, 0.1) is 27.9 Å². The van der Waals surface area contributed by atoms with E-state index in [2.05, 4.69) is 20.2 Å². The van der Waals surface area contributed by atoms with Gasteiger partial charge in [-0.15, -0.1) is 22.0 Å². The molecular formula is C17H12F3N5S. The van der Waals surface area contributed by atoms with Crippen LogP contribution in [-0.2, 0) is 6.18 Å². The Kier molecular flexibility index (Phi) is 3.83. The maximum absolute atomic E-state index is 13.0. The van der Waals surface area contributed by atoms with Crippen LogP contribution in [0.3, 0.4) is 0 Å². The van der Waals surface area contributed by atoms with Crippen LogP contribution in [0.1, 0.15) is 11.3 Å². The average molecular weight is 375 g/mol. The number of alkyl halides is 3. The van der Waals surface area contributed by atoms with E-state index in [1.807, 2.05) is 12.3 Å². The highest BCUT2D eigenvalue weighted by atomic mass is 32.2. The number of rotatable bonds is 2. The van der Waals surface area contributed by atoms with E-state index in [0.717, 1.165) is 22.7 Å². The Balaban J connectivity index is 2.08. The lowest BCUT2D eigenvalue weighted by atomic mass is 10.1. The number of benzene rings is 1. The van der Waals surface area contributed by atoms with Crippen LogP contribution in [0.15, 0.2) is 41.6 Å². The second-order valence-corrected chi connectivity index (χ2v) is 6.44. The summed E-state index contributed by atoms with van der Waals surface area (Å²) in [7, 11) is 0. The van der Waals surface area contributed by atoms with Crippen LogP contribution < -0.4 is 0 Å². The van der Waals surface area contributed by atoms with Gasteiger partial charge in [-0.3, -0.25) is 4.40 Å². The van der Waals surface area contributed by atoms with Gasteiger partial charge in [-0.1, -0.05) is 0 Å². The van der Waals surface area contributed by atoms with Crippen molar-refractivity contribution in [1.82, 2.24) is 24.6 Å². The van der Waals surface area contributed by atoms with Crippen molar-refractivity contribution < 1.29 is 13.2 Å². The number of hydrogen-bond acceptors (Lipinski definition) is 5. The maximum atomic E-state index is 13.0. The van der Waals surface area contributed by atoms with Crippen LogP contribution in [0.2, 0.25) is 0 Å². The van der Waals surface area contributed by atoms with Gasteiger partial charge in [0.15, 0.2) is 11.5 Å². The fraction of sp³-hybridized carbons (Fsp3) is 0.176. The van der Waals surface area contributed by atoms with Gasteiger partial charge >= 0.3 is 6.18 Å². The summed E-state index contributed by atoms with van der Waals surface area (Å²) in [6.45, 7) is 1.70. The summed E-state index contributed by atoms with van der Waals surface area (Å²) in [6, 6.07) is 7.14. The van der Waals surface area contributed by atoms with Crippen molar-refractivity contribution in [3.8, 4) is 11.4 Å². The molecule has 0 aliphatic carbocycles. The van der Waals surface area contributed by atoms with Gasteiger partial charge in [0, 0.05) is 6.20 Å². The Morgan fingerprint density at radius 3 is 2.65 bits per heavy atom. The molecule has 9 heteroatoms. The molecule has 0 saturated carbocycles. The molecule has 3 heterocycles. The third-order valence-electron chi connectivity index (χ3n) is 4.02. The average Bonchev–Trinajstić information content (AvgIpc) is 3.06. The first kappa shape index (κ1) is 16.8. The number of halogens is 3. The van der Waals surface area contributed by atoms with Crippen molar-refractivity contribution in [2.75, 3.05) is 6.26 Å². The van der Waals surface area contributed by atoms with Gasteiger partial charge in [-0.05, 0) is 43.5 Å². The molecule has 0 saturated heterocycles. The Morgan fingerprint density at radius 1 is 1.12 bits per heavy atom. The van der Waals surface area contributed by atoms with Crippen LogP contribution in [0.4, 0.5) is 13.2 Å². The topological polar surface area (TPSA) is 56.0 Å². The van der Waals surface area contributed by atoms with E-state index in [9.17, 15) is 13.2 Å². The quantitative estimate of drug-likeness (QED) is 0.487. The van der Waals surface area contributed by atoms with Gasteiger partial charge in [0.1, 0.15) is 5.03 Å². The summed E-state index contributed by atoms with van der Waals surface area (Å²) in [5.74, 6) is 0.521. The Hall–Kier alpha value is -2.68. The molecule has 0 spiro atoms. The van der Waals surface area contributed by atoms with Gasteiger partial charge in [-0.2, -0.15) is 13.2 Å². The third kappa shape index (κ3) is 2.59. The van der Waals surface area contributed by atoms with Crippen molar-refractivity contribution >= 4 is 28.4 Å². The van der Waals surface area contributed by atoms with Crippen LogP contribution in [-0.4, -0.2) is 30.8 Å². The molecule has 0 aliphatic heterocycles. The number of nitrogens with zero attached hydrogens (tertiary/aromatic N) is 5. The van der Waals surface area contributed by atoms with Crippen molar-refractivity contribution in [2.45, 2.75) is 18.1 Å². The molecular weight excluding hydrogens is 363 g/mol. The van der Waals surface area contributed by atoms with Crippen molar-refractivity contribution in [3.63, 3.8) is 0 Å². The Labute approximate surface area is 150 Å². The SMILES string of the molecule is CSc1ncccc1-c1nnc2c(C)nc3cc(C(F)(F)F)ccc3n12. The first-order chi connectivity index (χ1) is 12.4. The molecule has 26 heavy (non-hydrogen) atoms. The lowest BCUT2D eigenvalue weighted by molar-refractivity contribution is -0.137. The van der Waals surface area contributed by atoms with E-state index in [1.165, 1.54) is 17.8 Å². The highest BCUT2D eigenvalue weighted by Gasteiger charge is 2.31. The van der Waals surface area contributed by atoms with E-state index >= 15 is 0 Å². The molecule has 0 fully saturated rings. The smallest absolute Gasteiger partial charge is 0.272 e. The number of aromatic nitrogens is 5. The van der Waals surface area contributed by atoms with Crippen molar-refractivity contribution in [2.24, 2.45) is 0 Å². The molecule has 0 amide bonds. The van der Waals surface area contributed by atoms with E-state index < -0.39 is 11.7 Å². The molecule has 0 N–H and O–H groups in total. The lowest BCUT2D eigenvalue weighted by Gasteiger charge is -2.11. The number of hydrogen-bond donors (Lipinski definition) is 0. The summed E-state index contributed by atoms with van der Waals surface area (Å²) >= 11 is 1.46.